The van der Waals surface area contributed by atoms with Crippen molar-refractivity contribution in [2.75, 3.05) is 19.7 Å². The van der Waals surface area contributed by atoms with Crippen LogP contribution in [-0.2, 0) is 4.74 Å². The molecule has 0 aromatic carbocycles. The van der Waals surface area contributed by atoms with E-state index in [1.54, 1.807) is 0 Å². The Kier molecular flexibility index (Phi) is 9.59. The van der Waals surface area contributed by atoms with Crippen molar-refractivity contribution in [1.29, 1.82) is 0 Å². The molecule has 1 rings (SSSR count). The minimum absolute atomic E-state index is 0.560. The fraction of sp³-hybridized carbons (Fsp3) is 1.00. The smallest absolute Gasteiger partial charge is 0.0600 e. The minimum atomic E-state index is 0.560. The topological polar surface area (TPSA) is 21.3 Å². The number of nitrogens with one attached hydrogen (secondary N) is 1. The van der Waals surface area contributed by atoms with E-state index in [0.29, 0.717) is 6.10 Å². The predicted octanol–water partition coefficient (Wildman–Crippen LogP) is 4.14. The van der Waals surface area contributed by atoms with Gasteiger partial charge in [-0.15, -0.1) is 0 Å². The molecule has 2 unspecified atom stereocenters. The number of hydrogen-bond acceptors (Lipinski definition) is 2. The van der Waals surface area contributed by atoms with Gasteiger partial charge in [-0.05, 0) is 51.1 Å². The molecule has 2 nitrogen and oxygen atoms in total. The second-order valence-electron chi connectivity index (χ2n) is 5.84. The maximum absolute atomic E-state index is 6.02. The van der Waals surface area contributed by atoms with Gasteiger partial charge in [0.1, 0.15) is 0 Å². The number of unbranched alkanes of at least 4 members (excludes halogenated alkanes) is 3. The van der Waals surface area contributed by atoms with E-state index in [4.69, 9.17) is 4.74 Å². The van der Waals surface area contributed by atoms with Gasteiger partial charge in [-0.1, -0.05) is 39.5 Å². The van der Waals surface area contributed by atoms with E-state index in [1.807, 2.05) is 0 Å². The summed E-state index contributed by atoms with van der Waals surface area (Å²) in [6.07, 6.45) is 12.5. The summed E-state index contributed by atoms with van der Waals surface area (Å²) < 4.78 is 6.02. The van der Waals surface area contributed by atoms with Crippen LogP contribution in [0.2, 0.25) is 0 Å². The minimum Gasteiger partial charge on any atom is -0.378 e. The first kappa shape index (κ1) is 16.0. The van der Waals surface area contributed by atoms with E-state index < -0.39 is 0 Å². The molecule has 1 aliphatic carbocycles. The van der Waals surface area contributed by atoms with Gasteiger partial charge in [0.25, 0.3) is 0 Å². The van der Waals surface area contributed by atoms with Crippen molar-refractivity contribution >= 4 is 0 Å². The molecule has 2 heteroatoms. The summed E-state index contributed by atoms with van der Waals surface area (Å²) in [6.45, 7) is 7.91. The first-order valence-electron chi connectivity index (χ1n) is 8.17. The van der Waals surface area contributed by atoms with E-state index in [1.165, 1.54) is 70.9 Å². The monoisotopic (exact) mass is 255 g/mol. The highest BCUT2D eigenvalue weighted by molar-refractivity contribution is 4.72. The predicted molar refractivity (Wildman–Crippen MR) is 79.0 cm³/mol. The van der Waals surface area contributed by atoms with Crippen molar-refractivity contribution in [2.24, 2.45) is 5.92 Å². The van der Waals surface area contributed by atoms with Gasteiger partial charge in [0, 0.05) is 6.61 Å². The van der Waals surface area contributed by atoms with Crippen LogP contribution in [0.3, 0.4) is 0 Å². The zero-order valence-corrected chi connectivity index (χ0v) is 12.5. The van der Waals surface area contributed by atoms with Crippen LogP contribution in [-0.4, -0.2) is 25.8 Å². The normalized spacial score (nSPS) is 24.3. The molecule has 18 heavy (non-hydrogen) atoms. The molecule has 0 spiro atoms. The van der Waals surface area contributed by atoms with Gasteiger partial charge in [-0.2, -0.15) is 0 Å². The third-order valence-corrected chi connectivity index (χ3v) is 4.04. The highest BCUT2D eigenvalue weighted by atomic mass is 16.5. The Balaban J connectivity index is 1.83. The van der Waals surface area contributed by atoms with Crippen molar-refractivity contribution in [3.63, 3.8) is 0 Å². The summed E-state index contributed by atoms with van der Waals surface area (Å²) in [4.78, 5) is 0. The van der Waals surface area contributed by atoms with E-state index in [2.05, 4.69) is 19.2 Å². The maximum atomic E-state index is 6.02. The Morgan fingerprint density at radius 2 is 1.78 bits per heavy atom. The third kappa shape index (κ3) is 7.38. The Hall–Kier alpha value is -0.0800. The molecule has 0 aromatic heterocycles. The number of rotatable bonds is 10. The van der Waals surface area contributed by atoms with E-state index in [0.717, 1.165) is 12.5 Å². The molecular weight excluding hydrogens is 222 g/mol. The van der Waals surface area contributed by atoms with E-state index >= 15 is 0 Å². The van der Waals surface area contributed by atoms with Crippen molar-refractivity contribution < 1.29 is 4.74 Å². The average Bonchev–Trinajstić information content (AvgIpc) is 2.39. The zero-order valence-electron chi connectivity index (χ0n) is 12.5. The Morgan fingerprint density at radius 1 is 1.00 bits per heavy atom. The van der Waals surface area contributed by atoms with Gasteiger partial charge in [0.15, 0.2) is 0 Å². The van der Waals surface area contributed by atoms with Crippen molar-refractivity contribution in [3.05, 3.63) is 0 Å². The van der Waals surface area contributed by atoms with Gasteiger partial charge in [0.05, 0.1) is 6.10 Å². The average molecular weight is 255 g/mol. The van der Waals surface area contributed by atoms with Crippen LogP contribution in [0.5, 0.6) is 0 Å². The second-order valence-corrected chi connectivity index (χ2v) is 5.84. The highest BCUT2D eigenvalue weighted by Crippen LogP contribution is 2.26. The van der Waals surface area contributed by atoms with Crippen LogP contribution in [0.15, 0.2) is 0 Å². The lowest BCUT2D eigenvalue weighted by atomic mass is 9.88. The molecule has 0 aliphatic heterocycles. The highest BCUT2D eigenvalue weighted by Gasteiger charge is 2.21. The molecule has 1 aliphatic rings. The molecule has 0 heterocycles. The van der Waals surface area contributed by atoms with Gasteiger partial charge in [-0.25, -0.2) is 0 Å². The first-order valence-corrected chi connectivity index (χ1v) is 8.17. The van der Waals surface area contributed by atoms with E-state index in [9.17, 15) is 0 Å². The van der Waals surface area contributed by atoms with Gasteiger partial charge < -0.3 is 10.1 Å². The number of hydrogen-bond donors (Lipinski definition) is 1. The largest absolute Gasteiger partial charge is 0.378 e. The molecule has 0 radical (unpaired) electrons. The standard InChI is InChI=1S/C16H33NO/c1-3-12-17-13-8-4-5-9-14-18-16-11-7-6-10-15(16)2/h15-17H,3-14H2,1-2H3. The molecule has 0 bridgehead atoms. The fourth-order valence-corrected chi connectivity index (χ4v) is 2.77. The van der Waals surface area contributed by atoms with Crippen molar-refractivity contribution in [2.45, 2.75) is 77.7 Å². The van der Waals surface area contributed by atoms with Crippen LogP contribution < -0.4 is 5.32 Å². The molecule has 1 saturated carbocycles. The summed E-state index contributed by atoms with van der Waals surface area (Å²) >= 11 is 0. The summed E-state index contributed by atoms with van der Waals surface area (Å²) in [7, 11) is 0. The summed E-state index contributed by atoms with van der Waals surface area (Å²) in [6, 6.07) is 0. The SMILES string of the molecule is CCCNCCCCCCOC1CCCCC1C. The van der Waals surface area contributed by atoms with Gasteiger partial charge in [-0.3, -0.25) is 0 Å². The van der Waals surface area contributed by atoms with Crippen LogP contribution >= 0.6 is 0 Å². The summed E-state index contributed by atoms with van der Waals surface area (Å²) in [5.74, 6) is 0.789. The zero-order chi connectivity index (χ0) is 13.1. The summed E-state index contributed by atoms with van der Waals surface area (Å²) in [5.41, 5.74) is 0. The molecule has 1 N–H and O–H groups in total. The molecule has 108 valence electrons. The van der Waals surface area contributed by atoms with Crippen molar-refractivity contribution in [1.82, 2.24) is 5.32 Å². The number of ether oxygens (including phenoxy) is 1. The van der Waals surface area contributed by atoms with Gasteiger partial charge in [0.2, 0.25) is 0 Å². The second kappa shape index (κ2) is 10.8. The molecule has 1 fully saturated rings. The Morgan fingerprint density at radius 3 is 2.56 bits per heavy atom. The lowest BCUT2D eigenvalue weighted by Gasteiger charge is -2.28. The van der Waals surface area contributed by atoms with Crippen molar-refractivity contribution in [3.8, 4) is 0 Å². The summed E-state index contributed by atoms with van der Waals surface area (Å²) in [5, 5.41) is 3.45. The van der Waals surface area contributed by atoms with Crippen LogP contribution in [0.1, 0.15) is 71.6 Å². The first-order chi connectivity index (χ1) is 8.84. The Bertz CT molecular complexity index is 184. The maximum Gasteiger partial charge on any atom is 0.0600 e. The van der Waals surface area contributed by atoms with E-state index in [-0.39, 0.29) is 0 Å². The fourth-order valence-electron chi connectivity index (χ4n) is 2.77. The molecule has 0 saturated heterocycles. The molecular formula is C16H33NO. The molecule has 0 aromatic rings. The quantitative estimate of drug-likeness (QED) is 0.592. The van der Waals surface area contributed by atoms with Crippen LogP contribution in [0, 0.1) is 5.92 Å². The third-order valence-electron chi connectivity index (χ3n) is 4.04. The molecule has 2 atom stereocenters. The Labute approximate surface area is 114 Å². The van der Waals surface area contributed by atoms with Crippen LogP contribution in [0.4, 0.5) is 0 Å². The lowest BCUT2D eigenvalue weighted by Crippen LogP contribution is -2.25. The van der Waals surface area contributed by atoms with Gasteiger partial charge >= 0.3 is 0 Å². The van der Waals surface area contributed by atoms with Crippen LogP contribution in [0.25, 0.3) is 0 Å². The lowest BCUT2D eigenvalue weighted by molar-refractivity contribution is -0.00655. The molecule has 0 amide bonds.